The van der Waals surface area contributed by atoms with E-state index in [-0.39, 0.29) is 45.5 Å². The predicted octanol–water partition coefficient (Wildman–Crippen LogP) is 7.79. The number of ether oxygens (including phenoxy) is 1. The van der Waals surface area contributed by atoms with Gasteiger partial charge in [-0.3, -0.25) is 19.8 Å². The molecule has 1 atom stereocenters. The first-order valence-electron chi connectivity index (χ1n) is 18.1. The quantitative estimate of drug-likeness (QED) is 0.123. The number of nitrogens with zero attached hydrogens (tertiary/aromatic N) is 3. The summed E-state index contributed by atoms with van der Waals surface area (Å²) in [4.78, 5) is 36.1. The van der Waals surface area contributed by atoms with E-state index in [4.69, 9.17) is 16.3 Å². The van der Waals surface area contributed by atoms with Crippen molar-refractivity contribution in [3.8, 4) is 5.75 Å². The summed E-state index contributed by atoms with van der Waals surface area (Å²) >= 11 is 6.50. The number of aromatic nitrogens is 2. The number of hydrogen-bond donors (Lipinski definition) is 3. The fourth-order valence-corrected chi connectivity index (χ4v) is 8.42. The van der Waals surface area contributed by atoms with E-state index in [2.05, 4.69) is 55.9 Å². The second-order valence-corrected chi connectivity index (χ2v) is 17.2. The number of piperidine rings is 2. The van der Waals surface area contributed by atoms with E-state index in [0.717, 1.165) is 49.2 Å². The minimum absolute atomic E-state index is 0.0832. The van der Waals surface area contributed by atoms with Crippen LogP contribution in [0.4, 0.5) is 23.1 Å². The number of anilines is 4. The molecule has 2 aliphatic heterocycles. The summed E-state index contributed by atoms with van der Waals surface area (Å²) in [6.45, 7) is 11.9. The Morgan fingerprint density at radius 3 is 2.38 bits per heavy atom. The first kappa shape index (κ1) is 38.2. The number of amides is 2. The molecule has 4 aromatic rings. The zero-order chi connectivity index (χ0) is 37.9. The zero-order valence-corrected chi connectivity index (χ0v) is 32.4. The molecule has 280 valence electrons. The molecule has 1 unspecified atom stereocenters. The van der Waals surface area contributed by atoms with Crippen molar-refractivity contribution in [1.82, 2.24) is 20.2 Å². The van der Waals surface area contributed by atoms with E-state index in [1.54, 1.807) is 38.1 Å². The molecule has 0 saturated carbocycles. The number of rotatable bonds is 12. The molecule has 1 aromatic heterocycles. The molecule has 2 aliphatic rings. The van der Waals surface area contributed by atoms with Gasteiger partial charge in [-0.05, 0) is 119 Å². The molecule has 2 fully saturated rings. The van der Waals surface area contributed by atoms with E-state index >= 15 is 0 Å². The van der Waals surface area contributed by atoms with Crippen LogP contribution in [0.25, 0.3) is 0 Å². The molecule has 11 nitrogen and oxygen atoms in total. The summed E-state index contributed by atoms with van der Waals surface area (Å²) in [6.07, 6.45) is 4.23. The Morgan fingerprint density at radius 1 is 0.943 bits per heavy atom. The molecule has 0 bridgehead atoms. The van der Waals surface area contributed by atoms with Gasteiger partial charge in [-0.25, -0.2) is 13.4 Å². The van der Waals surface area contributed by atoms with Crippen LogP contribution in [-0.2, 0) is 26.0 Å². The highest BCUT2D eigenvalue weighted by atomic mass is 35.5. The Kier molecular flexibility index (Phi) is 11.7. The molecule has 13 heteroatoms. The maximum absolute atomic E-state index is 13.1. The van der Waals surface area contributed by atoms with Crippen LogP contribution < -0.4 is 20.7 Å². The van der Waals surface area contributed by atoms with Gasteiger partial charge in [-0.15, -0.1) is 0 Å². The standard InChI is InChI=1S/C40H47ClN6O5S/c1-24(2)52-35-21-31(27-16-18-47(19-17-27)23-28-10-6-7-11-29(28)30-14-15-37(48)45-39(30)49)26(5)20-34(35)44-40-42-22-32(41)38(46-40)43-33-12-8-9-13-36(33)53(50,51)25(3)4/h6-13,20-22,24-25,27,30H,14-19,23H2,1-5H3,(H,45,48,49)(H2,42,43,44,46). The van der Waals surface area contributed by atoms with Crippen LogP contribution in [0.1, 0.15) is 87.5 Å². The number of halogens is 1. The lowest BCUT2D eigenvalue weighted by molar-refractivity contribution is -0.134. The topological polar surface area (TPSA) is 143 Å². The van der Waals surface area contributed by atoms with Crippen LogP contribution in [-0.4, -0.2) is 59.5 Å². The van der Waals surface area contributed by atoms with Gasteiger partial charge in [0, 0.05) is 13.0 Å². The number of sulfone groups is 1. The van der Waals surface area contributed by atoms with Gasteiger partial charge in [0.25, 0.3) is 0 Å². The van der Waals surface area contributed by atoms with Gasteiger partial charge in [-0.1, -0.05) is 48.0 Å². The lowest BCUT2D eigenvalue weighted by Gasteiger charge is -2.34. The molecule has 0 radical (unpaired) electrons. The first-order chi connectivity index (χ1) is 25.3. The second kappa shape index (κ2) is 16.2. The molecule has 3 aromatic carbocycles. The highest BCUT2D eigenvalue weighted by Crippen LogP contribution is 2.39. The van der Waals surface area contributed by atoms with Crippen molar-refractivity contribution < 1.29 is 22.7 Å². The van der Waals surface area contributed by atoms with Crippen molar-refractivity contribution in [2.45, 2.75) is 94.9 Å². The number of nitrogens with one attached hydrogen (secondary N) is 3. The monoisotopic (exact) mass is 758 g/mol. The minimum atomic E-state index is -3.57. The van der Waals surface area contributed by atoms with Crippen molar-refractivity contribution in [1.29, 1.82) is 0 Å². The number of carbonyl (C=O) groups is 2. The van der Waals surface area contributed by atoms with Crippen molar-refractivity contribution >= 4 is 56.4 Å². The predicted molar refractivity (Wildman–Crippen MR) is 208 cm³/mol. The fraction of sp³-hybridized carbons (Fsp3) is 0.400. The lowest BCUT2D eigenvalue weighted by Crippen LogP contribution is -2.40. The van der Waals surface area contributed by atoms with Crippen molar-refractivity contribution in [3.05, 3.63) is 94.1 Å². The fourth-order valence-electron chi connectivity index (χ4n) is 7.08. The molecular formula is C40H47ClN6O5S. The summed E-state index contributed by atoms with van der Waals surface area (Å²) in [7, 11) is -3.57. The molecule has 0 spiro atoms. The second-order valence-electron chi connectivity index (χ2n) is 14.4. The van der Waals surface area contributed by atoms with Gasteiger partial charge >= 0.3 is 0 Å². The van der Waals surface area contributed by atoms with Gasteiger partial charge in [0.05, 0.1) is 39.7 Å². The number of carbonyl (C=O) groups excluding carboxylic acids is 2. The highest BCUT2D eigenvalue weighted by molar-refractivity contribution is 7.92. The Labute approximate surface area is 316 Å². The third-order valence-corrected chi connectivity index (χ3v) is 12.4. The van der Waals surface area contributed by atoms with Crippen LogP contribution >= 0.6 is 11.6 Å². The Balaban J connectivity index is 1.18. The highest BCUT2D eigenvalue weighted by Gasteiger charge is 2.31. The largest absolute Gasteiger partial charge is 0.489 e. The number of benzene rings is 3. The van der Waals surface area contributed by atoms with E-state index in [9.17, 15) is 18.0 Å². The average Bonchev–Trinajstić information content (AvgIpc) is 3.11. The van der Waals surface area contributed by atoms with Gasteiger partial charge < -0.3 is 15.4 Å². The maximum Gasteiger partial charge on any atom is 0.234 e. The van der Waals surface area contributed by atoms with Crippen LogP contribution in [0.5, 0.6) is 5.75 Å². The summed E-state index contributed by atoms with van der Waals surface area (Å²) < 4.78 is 32.4. The Bertz CT molecular complexity index is 2100. The summed E-state index contributed by atoms with van der Waals surface area (Å²) in [5.41, 5.74) is 5.57. The van der Waals surface area contributed by atoms with E-state index in [1.807, 2.05) is 32.0 Å². The SMILES string of the molecule is Cc1cc(Nc2ncc(Cl)c(Nc3ccccc3S(=O)(=O)C(C)C)n2)c(OC(C)C)cc1C1CCN(Cc2ccccc2C2CCC(=O)NC2=O)CC1. The first-order valence-corrected chi connectivity index (χ1v) is 20.1. The third-order valence-electron chi connectivity index (χ3n) is 9.88. The summed E-state index contributed by atoms with van der Waals surface area (Å²) in [5, 5.41) is 8.57. The van der Waals surface area contributed by atoms with Crippen molar-refractivity contribution in [3.63, 3.8) is 0 Å². The maximum atomic E-state index is 13.1. The molecule has 0 aliphatic carbocycles. The molecule has 2 saturated heterocycles. The van der Waals surface area contributed by atoms with Gasteiger partial charge in [-0.2, -0.15) is 4.98 Å². The van der Waals surface area contributed by atoms with Crippen LogP contribution in [0.15, 0.2) is 71.8 Å². The number of likely N-dealkylation sites (tertiary alicyclic amines) is 1. The average molecular weight is 759 g/mol. The molecule has 3 heterocycles. The number of hydrogen-bond acceptors (Lipinski definition) is 10. The smallest absolute Gasteiger partial charge is 0.234 e. The third kappa shape index (κ3) is 8.83. The summed E-state index contributed by atoms with van der Waals surface area (Å²) in [5.74, 6) is 0.844. The van der Waals surface area contributed by atoms with Gasteiger partial charge in [0.15, 0.2) is 15.7 Å². The van der Waals surface area contributed by atoms with Crippen LogP contribution in [0.2, 0.25) is 5.02 Å². The van der Waals surface area contributed by atoms with Crippen LogP contribution in [0, 0.1) is 6.92 Å². The van der Waals surface area contributed by atoms with Crippen molar-refractivity contribution in [2.24, 2.45) is 0 Å². The zero-order valence-electron chi connectivity index (χ0n) is 30.8. The van der Waals surface area contributed by atoms with E-state index in [0.29, 0.717) is 35.9 Å². The molecular weight excluding hydrogens is 712 g/mol. The van der Waals surface area contributed by atoms with Crippen molar-refractivity contribution in [2.75, 3.05) is 23.7 Å². The van der Waals surface area contributed by atoms with Gasteiger partial charge in [0.1, 0.15) is 10.8 Å². The summed E-state index contributed by atoms with van der Waals surface area (Å²) in [6, 6.07) is 19.0. The van der Waals surface area contributed by atoms with E-state index < -0.39 is 15.1 Å². The molecule has 6 rings (SSSR count). The number of aryl methyl sites for hydroxylation is 1. The normalized spacial score (nSPS) is 17.2. The Morgan fingerprint density at radius 2 is 1.66 bits per heavy atom. The van der Waals surface area contributed by atoms with Crippen LogP contribution in [0.3, 0.4) is 0 Å². The Hall–Kier alpha value is -4.52. The number of para-hydroxylation sites is 1. The van der Waals surface area contributed by atoms with E-state index in [1.165, 1.54) is 11.8 Å². The minimum Gasteiger partial charge on any atom is -0.489 e. The number of imide groups is 1. The molecule has 53 heavy (non-hydrogen) atoms. The lowest BCUT2D eigenvalue weighted by atomic mass is 9.85. The molecule has 3 N–H and O–H groups in total. The van der Waals surface area contributed by atoms with Gasteiger partial charge in [0.2, 0.25) is 17.8 Å². The molecule has 2 amide bonds.